The normalized spacial score (nSPS) is 16.4. The summed E-state index contributed by atoms with van der Waals surface area (Å²) < 4.78 is 26.4. The lowest BCUT2D eigenvalue weighted by Gasteiger charge is -2.19. The lowest BCUT2D eigenvalue weighted by atomic mass is 10.1. The van der Waals surface area contributed by atoms with Crippen LogP contribution in [0.1, 0.15) is 16.8 Å². The van der Waals surface area contributed by atoms with E-state index in [9.17, 15) is 23.7 Å². The summed E-state index contributed by atoms with van der Waals surface area (Å²) in [6.45, 7) is 1.63. The van der Waals surface area contributed by atoms with Crippen LogP contribution in [0.3, 0.4) is 0 Å². The Balaban J connectivity index is 1.58. The Labute approximate surface area is 153 Å². The first-order valence-corrected chi connectivity index (χ1v) is 8.37. The van der Waals surface area contributed by atoms with Crippen LogP contribution in [0.5, 0.6) is 0 Å². The van der Waals surface area contributed by atoms with Gasteiger partial charge in [-0.3, -0.25) is 14.9 Å². The van der Waals surface area contributed by atoms with Gasteiger partial charge < -0.3 is 16.0 Å². The molecule has 1 heterocycles. The van der Waals surface area contributed by atoms with E-state index in [2.05, 4.69) is 5.32 Å². The number of nitro groups is 1. The Bertz CT molecular complexity index is 891. The average Bonchev–Trinajstić information content (AvgIpc) is 3.11. The minimum Gasteiger partial charge on any atom is -0.393 e. The number of nitrogens with one attached hydrogen (secondary N) is 1. The zero-order valence-electron chi connectivity index (χ0n) is 14.3. The predicted octanol–water partition coefficient (Wildman–Crippen LogP) is 2.71. The van der Waals surface area contributed by atoms with Crippen LogP contribution in [-0.4, -0.2) is 30.5 Å². The molecule has 1 fully saturated rings. The molecule has 27 heavy (non-hydrogen) atoms. The maximum Gasteiger partial charge on any atom is 0.292 e. The smallest absolute Gasteiger partial charge is 0.292 e. The second-order valence-electron chi connectivity index (χ2n) is 6.44. The summed E-state index contributed by atoms with van der Waals surface area (Å²) in [4.78, 5) is 24.4. The van der Waals surface area contributed by atoms with Gasteiger partial charge in [-0.25, -0.2) is 8.78 Å². The van der Waals surface area contributed by atoms with Gasteiger partial charge in [0.1, 0.15) is 5.69 Å². The average molecular weight is 376 g/mol. The van der Waals surface area contributed by atoms with Crippen LogP contribution < -0.4 is 16.0 Å². The molecular formula is C18H18F2N4O3. The fraction of sp³-hybridized carbons (Fsp3) is 0.278. The maximum atomic E-state index is 13.4. The van der Waals surface area contributed by atoms with E-state index in [0.717, 1.165) is 24.6 Å². The molecule has 142 valence electrons. The number of nitrogen functional groups attached to an aromatic ring is 1. The van der Waals surface area contributed by atoms with E-state index in [-0.39, 0.29) is 22.9 Å². The predicted molar refractivity (Wildman–Crippen MR) is 96.5 cm³/mol. The number of halogens is 2. The molecular weight excluding hydrogens is 358 g/mol. The molecule has 2 aromatic rings. The number of hydrogen-bond donors (Lipinski definition) is 2. The summed E-state index contributed by atoms with van der Waals surface area (Å²) in [5.74, 6) is -2.08. The van der Waals surface area contributed by atoms with Crippen molar-refractivity contribution in [1.82, 2.24) is 5.32 Å². The summed E-state index contributed by atoms with van der Waals surface area (Å²) in [6.07, 6.45) is 0.779. The van der Waals surface area contributed by atoms with E-state index >= 15 is 0 Å². The minimum atomic E-state index is -0.894. The van der Waals surface area contributed by atoms with Crippen molar-refractivity contribution in [2.45, 2.75) is 6.42 Å². The molecule has 1 aliphatic rings. The molecule has 0 spiro atoms. The van der Waals surface area contributed by atoms with Crippen molar-refractivity contribution in [3.05, 3.63) is 63.7 Å². The highest BCUT2D eigenvalue weighted by Gasteiger charge is 2.24. The van der Waals surface area contributed by atoms with Gasteiger partial charge in [0.05, 0.1) is 4.92 Å². The van der Waals surface area contributed by atoms with Gasteiger partial charge in [0.2, 0.25) is 0 Å². The number of nitro benzene ring substituents is 1. The van der Waals surface area contributed by atoms with Gasteiger partial charge >= 0.3 is 0 Å². The van der Waals surface area contributed by atoms with Gasteiger partial charge in [0.15, 0.2) is 11.6 Å². The first-order chi connectivity index (χ1) is 12.8. The molecule has 9 heteroatoms. The highest BCUT2D eigenvalue weighted by atomic mass is 19.2. The van der Waals surface area contributed by atoms with E-state index in [1.165, 1.54) is 18.2 Å². The van der Waals surface area contributed by atoms with Crippen LogP contribution >= 0.6 is 0 Å². The van der Waals surface area contributed by atoms with E-state index in [0.29, 0.717) is 25.3 Å². The van der Waals surface area contributed by atoms with Crippen LogP contribution in [0.25, 0.3) is 0 Å². The van der Waals surface area contributed by atoms with E-state index < -0.39 is 22.5 Å². The van der Waals surface area contributed by atoms with Crippen molar-refractivity contribution in [2.24, 2.45) is 5.92 Å². The molecule has 1 amide bonds. The molecule has 1 atom stereocenters. The number of nitrogens with two attached hydrogens (primary N) is 1. The fourth-order valence-electron chi connectivity index (χ4n) is 3.10. The Hall–Kier alpha value is -3.23. The van der Waals surface area contributed by atoms with Gasteiger partial charge in [0.25, 0.3) is 11.6 Å². The molecule has 3 rings (SSSR count). The standard InChI is InChI=1S/C18H18F2N4O3/c19-14-3-2-13(8-15(14)20)23-6-5-11(10-23)9-22-18(25)12-1-4-16(21)17(7-12)24(26)27/h1-4,7-8,11H,5-6,9-10,21H2,(H,22,25). The molecule has 7 nitrogen and oxygen atoms in total. The number of rotatable bonds is 5. The third kappa shape index (κ3) is 4.13. The Morgan fingerprint density at radius 1 is 1.26 bits per heavy atom. The van der Waals surface area contributed by atoms with Gasteiger partial charge in [0, 0.05) is 43.0 Å². The molecule has 1 unspecified atom stereocenters. The van der Waals surface area contributed by atoms with Crippen LogP contribution in [0.15, 0.2) is 36.4 Å². The van der Waals surface area contributed by atoms with Crippen LogP contribution in [0.2, 0.25) is 0 Å². The fourth-order valence-corrected chi connectivity index (χ4v) is 3.10. The van der Waals surface area contributed by atoms with Crippen molar-refractivity contribution in [2.75, 3.05) is 30.3 Å². The molecule has 0 bridgehead atoms. The number of anilines is 2. The number of hydrogen-bond acceptors (Lipinski definition) is 5. The van der Waals surface area contributed by atoms with Crippen LogP contribution in [-0.2, 0) is 0 Å². The topological polar surface area (TPSA) is 102 Å². The van der Waals surface area contributed by atoms with E-state index in [4.69, 9.17) is 5.73 Å². The van der Waals surface area contributed by atoms with Crippen molar-refractivity contribution in [3.63, 3.8) is 0 Å². The van der Waals surface area contributed by atoms with Crippen molar-refractivity contribution >= 4 is 23.0 Å². The van der Waals surface area contributed by atoms with Gasteiger partial charge in [-0.1, -0.05) is 0 Å². The zero-order chi connectivity index (χ0) is 19.6. The second kappa shape index (κ2) is 7.56. The number of benzene rings is 2. The number of carbonyl (C=O) groups is 1. The molecule has 0 aromatic heterocycles. The first-order valence-electron chi connectivity index (χ1n) is 8.37. The molecule has 1 saturated heterocycles. The highest BCUT2D eigenvalue weighted by Crippen LogP contribution is 2.25. The third-order valence-corrected chi connectivity index (χ3v) is 4.59. The SMILES string of the molecule is Nc1ccc(C(=O)NCC2CCN(c3ccc(F)c(F)c3)C2)cc1[N+](=O)[O-]. The van der Waals surface area contributed by atoms with Gasteiger partial charge in [-0.05, 0) is 36.6 Å². The van der Waals surface area contributed by atoms with Crippen molar-refractivity contribution in [1.29, 1.82) is 0 Å². The van der Waals surface area contributed by atoms with Crippen molar-refractivity contribution < 1.29 is 18.5 Å². The molecule has 0 saturated carbocycles. The van der Waals surface area contributed by atoms with Crippen molar-refractivity contribution in [3.8, 4) is 0 Å². The monoisotopic (exact) mass is 376 g/mol. The summed E-state index contributed by atoms with van der Waals surface area (Å²) in [5, 5.41) is 13.7. The van der Waals surface area contributed by atoms with Crippen LogP contribution in [0, 0.1) is 27.7 Å². The minimum absolute atomic E-state index is 0.00508. The molecule has 3 N–H and O–H groups in total. The van der Waals surface area contributed by atoms with Crippen LogP contribution in [0.4, 0.5) is 25.8 Å². The number of carbonyl (C=O) groups excluding carboxylic acids is 1. The Kier molecular flexibility index (Phi) is 5.20. The molecule has 1 aliphatic heterocycles. The lowest BCUT2D eigenvalue weighted by Crippen LogP contribution is -2.31. The zero-order valence-corrected chi connectivity index (χ0v) is 14.3. The molecule has 0 aliphatic carbocycles. The summed E-state index contributed by atoms with van der Waals surface area (Å²) in [7, 11) is 0. The van der Waals surface area contributed by atoms with E-state index in [1.807, 2.05) is 4.90 Å². The van der Waals surface area contributed by atoms with Gasteiger partial charge in [-0.2, -0.15) is 0 Å². The molecule has 0 radical (unpaired) electrons. The summed E-state index contributed by atoms with van der Waals surface area (Å²) in [5.41, 5.74) is 5.96. The van der Waals surface area contributed by atoms with Gasteiger partial charge in [-0.15, -0.1) is 0 Å². The second-order valence-corrected chi connectivity index (χ2v) is 6.44. The molecule has 2 aromatic carbocycles. The Morgan fingerprint density at radius 3 is 2.74 bits per heavy atom. The first kappa shape index (κ1) is 18.6. The number of nitrogens with zero attached hydrogens (tertiary/aromatic N) is 2. The number of amides is 1. The quantitative estimate of drug-likeness (QED) is 0.475. The largest absolute Gasteiger partial charge is 0.393 e. The maximum absolute atomic E-state index is 13.4. The lowest BCUT2D eigenvalue weighted by molar-refractivity contribution is -0.383. The summed E-state index contributed by atoms with van der Waals surface area (Å²) >= 11 is 0. The van der Waals surface area contributed by atoms with E-state index in [1.54, 1.807) is 0 Å². The Morgan fingerprint density at radius 2 is 2.04 bits per heavy atom. The highest BCUT2D eigenvalue weighted by molar-refractivity contribution is 5.95. The third-order valence-electron chi connectivity index (χ3n) is 4.59. The summed E-state index contributed by atoms with van der Waals surface area (Å²) in [6, 6.07) is 7.67.